The summed E-state index contributed by atoms with van der Waals surface area (Å²) < 4.78 is 5.54. The average molecular weight is 330 g/mol. The van der Waals surface area contributed by atoms with E-state index in [2.05, 4.69) is 10.3 Å². The molecule has 2 aromatic heterocycles. The summed E-state index contributed by atoms with van der Waals surface area (Å²) in [6, 6.07) is 21.2. The van der Waals surface area contributed by atoms with Crippen LogP contribution in [0.4, 0.5) is 0 Å². The molecule has 0 bridgehead atoms. The topological polar surface area (TPSA) is 58.0 Å². The number of aromatic nitrogens is 1. The summed E-state index contributed by atoms with van der Waals surface area (Å²) in [6.45, 7) is 0. The van der Waals surface area contributed by atoms with Crippen molar-refractivity contribution in [1.82, 2.24) is 10.3 Å². The molecule has 25 heavy (non-hydrogen) atoms. The summed E-state index contributed by atoms with van der Waals surface area (Å²) in [4.78, 5) is 15.9. The Bertz CT molecular complexity index is 971. The zero-order chi connectivity index (χ0) is 17.1. The van der Waals surface area contributed by atoms with Gasteiger partial charge in [0, 0.05) is 17.1 Å². The second kappa shape index (κ2) is 6.69. The summed E-state index contributed by atoms with van der Waals surface area (Å²) in [5.41, 5.74) is 3.01. The maximum Gasteiger partial charge on any atom is 0.225 e. The van der Waals surface area contributed by atoms with E-state index in [1.54, 1.807) is 6.26 Å². The number of hydrogen-bond donors (Lipinski definition) is 2. The second-order valence-corrected chi connectivity index (χ2v) is 5.96. The zero-order valence-corrected chi connectivity index (χ0v) is 13.6. The van der Waals surface area contributed by atoms with Crippen LogP contribution in [0.3, 0.4) is 0 Å². The van der Waals surface area contributed by atoms with Gasteiger partial charge in [-0.1, -0.05) is 48.5 Å². The monoisotopic (exact) mass is 330 g/mol. The minimum absolute atomic E-state index is 0.0463. The number of aromatic amines is 1. The lowest BCUT2D eigenvalue weighted by atomic mass is 10.0. The highest BCUT2D eigenvalue weighted by Gasteiger charge is 2.20. The van der Waals surface area contributed by atoms with Gasteiger partial charge in [0.1, 0.15) is 11.8 Å². The van der Waals surface area contributed by atoms with Crippen LogP contribution < -0.4 is 5.32 Å². The largest absolute Gasteiger partial charge is 0.467 e. The summed E-state index contributed by atoms with van der Waals surface area (Å²) in [6.07, 6.45) is 3.83. The molecule has 0 fully saturated rings. The molecule has 1 atom stereocenters. The van der Waals surface area contributed by atoms with E-state index >= 15 is 0 Å². The fourth-order valence-corrected chi connectivity index (χ4v) is 3.08. The molecule has 2 heterocycles. The summed E-state index contributed by atoms with van der Waals surface area (Å²) >= 11 is 0. The molecule has 0 radical (unpaired) electrons. The fraction of sp³-hybridized carbons (Fsp3) is 0.0952. The number of hydrogen-bond acceptors (Lipinski definition) is 2. The number of nitrogens with one attached hydrogen (secondary N) is 2. The Morgan fingerprint density at radius 1 is 1.00 bits per heavy atom. The van der Waals surface area contributed by atoms with Crippen LogP contribution in [-0.2, 0) is 11.2 Å². The minimum atomic E-state index is -0.297. The van der Waals surface area contributed by atoms with E-state index in [0.29, 0.717) is 6.42 Å². The standard InChI is InChI=1S/C21H18N2O2/c24-20(13-16-14-22-18-10-5-4-9-17(16)18)23-21(19-11-6-12-25-19)15-7-2-1-3-8-15/h1-12,14,21-22H,13H2,(H,23,24). The number of furan rings is 1. The highest BCUT2D eigenvalue weighted by atomic mass is 16.3. The quantitative estimate of drug-likeness (QED) is 0.576. The average Bonchev–Trinajstić information content (AvgIpc) is 3.31. The Balaban J connectivity index is 1.57. The summed E-state index contributed by atoms with van der Waals surface area (Å²) in [5, 5.41) is 4.17. The first-order valence-electron chi connectivity index (χ1n) is 8.24. The summed E-state index contributed by atoms with van der Waals surface area (Å²) in [7, 11) is 0. The van der Waals surface area contributed by atoms with Gasteiger partial charge in [0.2, 0.25) is 5.91 Å². The Labute approximate surface area is 145 Å². The molecule has 0 spiro atoms. The van der Waals surface area contributed by atoms with Gasteiger partial charge >= 0.3 is 0 Å². The molecule has 0 saturated heterocycles. The predicted octanol–water partition coefficient (Wildman–Crippen LogP) is 4.21. The predicted molar refractivity (Wildman–Crippen MR) is 97.1 cm³/mol. The lowest BCUT2D eigenvalue weighted by molar-refractivity contribution is -0.121. The smallest absolute Gasteiger partial charge is 0.225 e. The lowest BCUT2D eigenvalue weighted by Gasteiger charge is -2.17. The first-order valence-corrected chi connectivity index (χ1v) is 8.24. The Hall–Kier alpha value is -3.27. The lowest BCUT2D eigenvalue weighted by Crippen LogP contribution is -2.30. The number of rotatable bonds is 5. The Morgan fingerprint density at radius 2 is 1.80 bits per heavy atom. The van der Waals surface area contributed by atoms with Gasteiger partial charge in [0.05, 0.1) is 12.7 Å². The number of para-hydroxylation sites is 1. The van der Waals surface area contributed by atoms with Gasteiger partial charge in [-0.2, -0.15) is 0 Å². The zero-order valence-electron chi connectivity index (χ0n) is 13.6. The molecular formula is C21H18N2O2. The molecule has 2 N–H and O–H groups in total. The number of amides is 1. The van der Waals surface area contributed by atoms with E-state index in [9.17, 15) is 4.79 Å². The first kappa shape index (κ1) is 15.3. The van der Waals surface area contributed by atoms with Crippen LogP contribution >= 0.6 is 0 Å². The molecule has 1 amide bonds. The van der Waals surface area contributed by atoms with E-state index in [1.165, 1.54) is 0 Å². The third kappa shape index (κ3) is 3.19. The van der Waals surface area contributed by atoms with Crippen molar-refractivity contribution >= 4 is 16.8 Å². The van der Waals surface area contributed by atoms with E-state index in [0.717, 1.165) is 27.8 Å². The fourth-order valence-electron chi connectivity index (χ4n) is 3.08. The highest BCUT2D eigenvalue weighted by Crippen LogP contribution is 2.23. The van der Waals surface area contributed by atoms with Crippen molar-refractivity contribution in [3.63, 3.8) is 0 Å². The van der Waals surface area contributed by atoms with Crippen molar-refractivity contribution in [3.8, 4) is 0 Å². The van der Waals surface area contributed by atoms with Crippen molar-refractivity contribution in [2.75, 3.05) is 0 Å². The van der Waals surface area contributed by atoms with E-state index < -0.39 is 0 Å². The van der Waals surface area contributed by atoms with Crippen LogP contribution in [0.2, 0.25) is 0 Å². The van der Waals surface area contributed by atoms with Crippen LogP contribution in [-0.4, -0.2) is 10.9 Å². The Morgan fingerprint density at radius 3 is 2.60 bits per heavy atom. The molecule has 0 aliphatic rings. The van der Waals surface area contributed by atoms with Crippen molar-refractivity contribution in [2.45, 2.75) is 12.5 Å². The number of H-pyrrole nitrogens is 1. The molecule has 124 valence electrons. The van der Waals surface area contributed by atoms with Gasteiger partial charge in [-0.05, 0) is 29.3 Å². The van der Waals surface area contributed by atoms with Gasteiger partial charge in [0.25, 0.3) is 0 Å². The van der Waals surface area contributed by atoms with Crippen LogP contribution in [0.5, 0.6) is 0 Å². The van der Waals surface area contributed by atoms with Gasteiger partial charge in [-0.3, -0.25) is 4.79 Å². The van der Waals surface area contributed by atoms with E-state index in [-0.39, 0.29) is 11.9 Å². The summed E-state index contributed by atoms with van der Waals surface area (Å²) in [5.74, 6) is 0.675. The molecule has 0 saturated carbocycles. The minimum Gasteiger partial charge on any atom is -0.467 e. The molecule has 4 aromatic rings. The maximum absolute atomic E-state index is 12.7. The SMILES string of the molecule is O=C(Cc1c[nH]c2ccccc12)NC(c1ccccc1)c1ccco1. The van der Waals surface area contributed by atoms with Crippen molar-refractivity contribution in [3.05, 3.63) is 96.1 Å². The van der Waals surface area contributed by atoms with Crippen molar-refractivity contribution in [1.29, 1.82) is 0 Å². The van der Waals surface area contributed by atoms with Gasteiger partial charge in [0.15, 0.2) is 0 Å². The molecule has 0 aliphatic carbocycles. The van der Waals surface area contributed by atoms with Crippen LogP contribution in [0.25, 0.3) is 10.9 Å². The molecule has 4 nitrogen and oxygen atoms in total. The van der Waals surface area contributed by atoms with Crippen molar-refractivity contribution in [2.24, 2.45) is 0 Å². The first-order chi connectivity index (χ1) is 12.3. The maximum atomic E-state index is 12.7. The van der Waals surface area contributed by atoms with Gasteiger partial charge < -0.3 is 14.7 Å². The normalized spacial score (nSPS) is 12.2. The highest BCUT2D eigenvalue weighted by molar-refractivity contribution is 5.89. The molecular weight excluding hydrogens is 312 g/mol. The molecule has 4 rings (SSSR count). The van der Waals surface area contributed by atoms with Crippen LogP contribution in [0, 0.1) is 0 Å². The molecule has 4 heteroatoms. The number of fused-ring (bicyclic) bond motifs is 1. The second-order valence-electron chi connectivity index (χ2n) is 5.96. The van der Waals surface area contributed by atoms with E-state index in [4.69, 9.17) is 4.42 Å². The van der Waals surface area contributed by atoms with Gasteiger partial charge in [-0.15, -0.1) is 0 Å². The number of benzene rings is 2. The third-order valence-electron chi connectivity index (χ3n) is 4.29. The van der Waals surface area contributed by atoms with E-state index in [1.807, 2.05) is 72.9 Å². The molecule has 0 aliphatic heterocycles. The third-order valence-corrected chi connectivity index (χ3v) is 4.29. The van der Waals surface area contributed by atoms with Crippen LogP contribution in [0.1, 0.15) is 22.9 Å². The van der Waals surface area contributed by atoms with Gasteiger partial charge in [-0.25, -0.2) is 0 Å². The number of carbonyl (C=O) groups excluding carboxylic acids is 1. The molecule has 1 unspecified atom stereocenters. The van der Waals surface area contributed by atoms with Crippen molar-refractivity contribution < 1.29 is 9.21 Å². The number of carbonyl (C=O) groups is 1. The Kier molecular flexibility index (Phi) is 4.09. The molecule has 2 aromatic carbocycles. The van der Waals surface area contributed by atoms with Crippen LogP contribution in [0.15, 0.2) is 83.6 Å².